The van der Waals surface area contributed by atoms with Gasteiger partial charge in [-0.1, -0.05) is 33.1 Å². The van der Waals surface area contributed by atoms with Crippen LogP contribution in [0, 0.1) is 5.92 Å². The lowest BCUT2D eigenvalue weighted by Gasteiger charge is -2.24. The smallest absolute Gasteiger partial charge is 0.320 e. The Kier molecular flexibility index (Phi) is 9.99. The molecule has 0 radical (unpaired) electrons. The number of aliphatic carboxylic acids is 2. The monoisotopic (exact) mass is 302 g/mol. The lowest BCUT2D eigenvalue weighted by Crippen LogP contribution is -2.42. The Bertz CT molecular complexity index is 315. The SMILES string of the molecule is CC(C)C[C@H](N)C(=O)O.C[C@H](NC1CCCCC1)C(=O)O. The fourth-order valence-electron chi connectivity index (χ4n) is 2.30. The normalized spacial score (nSPS) is 18.5. The second-order valence-corrected chi connectivity index (χ2v) is 6.14. The fraction of sp³-hybridized carbons (Fsp3) is 0.867. The molecule has 1 aliphatic carbocycles. The summed E-state index contributed by atoms with van der Waals surface area (Å²) in [4.78, 5) is 20.6. The second kappa shape index (κ2) is 10.6. The first kappa shape index (κ1) is 19.9. The van der Waals surface area contributed by atoms with Crippen molar-refractivity contribution in [2.45, 2.75) is 77.4 Å². The fourth-order valence-corrected chi connectivity index (χ4v) is 2.30. The summed E-state index contributed by atoms with van der Waals surface area (Å²) in [5.74, 6) is -1.31. The zero-order valence-electron chi connectivity index (χ0n) is 13.3. The van der Waals surface area contributed by atoms with Gasteiger partial charge in [-0.25, -0.2) is 0 Å². The van der Waals surface area contributed by atoms with Gasteiger partial charge >= 0.3 is 11.9 Å². The zero-order valence-corrected chi connectivity index (χ0v) is 13.3. The molecule has 0 unspecified atom stereocenters. The third-order valence-corrected chi connectivity index (χ3v) is 3.50. The first-order chi connectivity index (χ1) is 9.73. The van der Waals surface area contributed by atoms with Gasteiger partial charge < -0.3 is 21.3 Å². The molecule has 0 spiro atoms. The third-order valence-electron chi connectivity index (χ3n) is 3.50. The van der Waals surface area contributed by atoms with Crippen LogP contribution in [0.25, 0.3) is 0 Å². The van der Waals surface area contributed by atoms with Crippen LogP contribution in [0.5, 0.6) is 0 Å². The van der Waals surface area contributed by atoms with Crippen molar-refractivity contribution < 1.29 is 19.8 Å². The highest BCUT2D eigenvalue weighted by molar-refractivity contribution is 5.73. The van der Waals surface area contributed by atoms with E-state index in [1.165, 1.54) is 19.3 Å². The van der Waals surface area contributed by atoms with Crippen molar-refractivity contribution >= 4 is 11.9 Å². The van der Waals surface area contributed by atoms with Gasteiger partial charge in [-0.2, -0.15) is 0 Å². The van der Waals surface area contributed by atoms with Crippen LogP contribution in [-0.2, 0) is 9.59 Å². The standard InChI is InChI=1S/C9H17NO2.C6H13NO2/c1-7(9(11)12)10-8-5-3-2-4-6-8;1-4(2)3-5(7)6(8)9/h7-8,10H,2-6H2,1H3,(H,11,12);4-5H,3,7H2,1-2H3,(H,8,9)/t7-;5-/m00/s1. The molecule has 5 N–H and O–H groups in total. The Labute approximate surface area is 127 Å². The number of hydrogen-bond acceptors (Lipinski definition) is 4. The molecule has 0 aliphatic heterocycles. The molecule has 0 bridgehead atoms. The number of carboxylic acids is 2. The number of carbonyl (C=O) groups is 2. The molecule has 0 heterocycles. The van der Waals surface area contributed by atoms with Gasteiger partial charge in [0.15, 0.2) is 0 Å². The molecule has 0 aromatic heterocycles. The Hall–Kier alpha value is -1.14. The van der Waals surface area contributed by atoms with Gasteiger partial charge in [-0.3, -0.25) is 9.59 Å². The zero-order chi connectivity index (χ0) is 16.4. The van der Waals surface area contributed by atoms with Gasteiger partial charge in [0.2, 0.25) is 0 Å². The number of hydrogen-bond donors (Lipinski definition) is 4. The molecular formula is C15H30N2O4. The molecule has 0 saturated heterocycles. The van der Waals surface area contributed by atoms with Crippen molar-refractivity contribution in [1.82, 2.24) is 5.32 Å². The highest BCUT2D eigenvalue weighted by atomic mass is 16.4. The van der Waals surface area contributed by atoms with E-state index in [0.29, 0.717) is 18.4 Å². The first-order valence-electron chi connectivity index (χ1n) is 7.71. The summed E-state index contributed by atoms with van der Waals surface area (Å²) in [5, 5.41) is 20.1. The molecule has 1 saturated carbocycles. The van der Waals surface area contributed by atoms with E-state index in [1.54, 1.807) is 6.92 Å². The molecule has 124 valence electrons. The quantitative estimate of drug-likeness (QED) is 0.595. The van der Waals surface area contributed by atoms with E-state index >= 15 is 0 Å². The molecule has 0 amide bonds. The molecule has 1 aliphatic rings. The predicted molar refractivity (Wildman–Crippen MR) is 82.2 cm³/mol. The van der Waals surface area contributed by atoms with E-state index in [1.807, 2.05) is 13.8 Å². The van der Waals surface area contributed by atoms with Gasteiger partial charge in [0.25, 0.3) is 0 Å². The topological polar surface area (TPSA) is 113 Å². The van der Waals surface area contributed by atoms with Crippen molar-refractivity contribution in [3.63, 3.8) is 0 Å². The van der Waals surface area contributed by atoms with Crippen LogP contribution in [-0.4, -0.2) is 40.3 Å². The maximum atomic E-state index is 10.5. The Morgan fingerprint density at radius 3 is 1.95 bits per heavy atom. The average Bonchev–Trinajstić information content (AvgIpc) is 2.39. The summed E-state index contributed by atoms with van der Waals surface area (Å²) in [7, 11) is 0. The number of rotatable bonds is 6. The maximum Gasteiger partial charge on any atom is 0.320 e. The van der Waals surface area contributed by atoms with Crippen LogP contribution in [0.4, 0.5) is 0 Å². The van der Waals surface area contributed by atoms with Crippen LogP contribution in [0.3, 0.4) is 0 Å². The molecule has 21 heavy (non-hydrogen) atoms. The molecule has 6 nitrogen and oxygen atoms in total. The van der Waals surface area contributed by atoms with E-state index in [-0.39, 0.29) is 0 Å². The largest absolute Gasteiger partial charge is 0.480 e. The summed E-state index contributed by atoms with van der Waals surface area (Å²) in [5.41, 5.74) is 5.22. The summed E-state index contributed by atoms with van der Waals surface area (Å²) in [6.45, 7) is 5.60. The van der Waals surface area contributed by atoms with Gasteiger partial charge in [-0.05, 0) is 32.1 Å². The van der Waals surface area contributed by atoms with Crippen LogP contribution < -0.4 is 11.1 Å². The van der Waals surface area contributed by atoms with E-state index in [4.69, 9.17) is 15.9 Å². The minimum Gasteiger partial charge on any atom is -0.480 e. The average molecular weight is 302 g/mol. The molecule has 0 aromatic rings. The Balaban J connectivity index is 0.000000400. The van der Waals surface area contributed by atoms with Gasteiger partial charge in [0.05, 0.1) is 0 Å². The first-order valence-corrected chi connectivity index (χ1v) is 7.71. The number of carboxylic acid groups (broad SMARTS) is 2. The summed E-state index contributed by atoms with van der Waals surface area (Å²) >= 11 is 0. The minimum absolute atomic E-state index is 0.357. The van der Waals surface area contributed by atoms with Crippen molar-refractivity contribution in [2.75, 3.05) is 0 Å². The summed E-state index contributed by atoms with van der Waals surface area (Å²) in [6, 6.07) is -0.650. The second-order valence-electron chi connectivity index (χ2n) is 6.14. The minimum atomic E-state index is -0.913. The van der Waals surface area contributed by atoms with E-state index in [2.05, 4.69) is 5.32 Å². The van der Waals surface area contributed by atoms with Crippen molar-refractivity contribution in [3.8, 4) is 0 Å². The van der Waals surface area contributed by atoms with E-state index < -0.39 is 24.0 Å². The Morgan fingerprint density at radius 2 is 1.62 bits per heavy atom. The Morgan fingerprint density at radius 1 is 1.10 bits per heavy atom. The molecular weight excluding hydrogens is 272 g/mol. The van der Waals surface area contributed by atoms with E-state index in [9.17, 15) is 9.59 Å². The molecule has 1 fully saturated rings. The van der Waals surface area contributed by atoms with Gasteiger partial charge in [0.1, 0.15) is 12.1 Å². The van der Waals surface area contributed by atoms with Crippen molar-refractivity contribution in [1.29, 1.82) is 0 Å². The van der Waals surface area contributed by atoms with Crippen LogP contribution >= 0.6 is 0 Å². The molecule has 0 aromatic carbocycles. The van der Waals surface area contributed by atoms with E-state index in [0.717, 1.165) is 12.8 Å². The highest BCUT2D eigenvalue weighted by Crippen LogP contribution is 2.17. The summed E-state index contributed by atoms with van der Waals surface area (Å²) in [6.07, 6.45) is 6.61. The van der Waals surface area contributed by atoms with Crippen LogP contribution in [0.1, 0.15) is 59.3 Å². The lowest BCUT2D eigenvalue weighted by molar-refractivity contribution is -0.140. The number of nitrogens with one attached hydrogen (secondary N) is 1. The van der Waals surface area contributed by atoms with Crippen molar-refractivity contribution in [2.24, 2.45) is 11.7 Å². The molecule has 6 heteroatoms. The molecule has 1 rings (SSSR count). The third kappa shape index (κ3) is 10.3. The predicted octanol–water partition coefficient (Wildman–Crippen LogP) is 1.83. The van der Waals surface area contributed by atoms with Crippen LogP contribution in [0.15, 0.2) is 0 Å². The van der Waals surface area contributed by atoms with Crippen molar-refractivity contribution in [3.05, 3.63) is 0 Å². The van der Waals surface area contributed by atoms with Gasteiger partial charge in [0, 0.05) is 6.04 Å². The highest BCUT2D eigenvalue weighted by Gasteiger charge is 2.18. The van der Waals surface area contributed by atoms with Crippen LogP contribution in [0.2, 0.25) is 0 Å². The number of nitrogens with two attached hydrogens (primary N) is 1. The summed E-state index contributed by atoms with van der Waals surface area (Å²) < 4.78 is 0. The lowest BCUT2D eigenvalue weighted by atomic mass is 9.95. The molecule has 2 atom stereocenters. The van der Waals surface area contributed by atoms with Gasteiger partial charge in [-0.15, -0.1) is 0 Å². The maximum absolute atomic E-state index is 10.5.